The van der Waals surface area contributed by atoms with Crippen LogP contribution in [-0.2, 0) is 14.8 Å². The van der Waals surface area contributed by atoms with E-state index in [0.717, 1.165) is 4.31 Å². The van der Waals surface area contributed by atoms with E-state index >= 15 is 0 Å². The van der Waals surface area contributed by atoms with Crippen LogP contribution in [-0.4, -0.2) is 40.3 Å². The fourth-order valence-electron chi connectivity index (χ4n) is 2.15. The van der Waals surface area contributed by atoms with Crippen molar-refractivity contribution < 1.29 is 27.8 Å². The van der Waals surface area contributed by atoms with Crippen LogP contribution in [0.2, 0.25) is 5.02 Å². The van der Waals surface area contributed by atoms with E-state index in [4.69, 9.17) is 26.2 Å². The summed E-state index contributed by atoms with van der Waals surface area (Å²) in [7, 11) is -1.34. The van der Waals surface area contributed by atoms with Gasteiger partial charge in [0, 0.05) is 11.1 Å². The molecule has 0 saturated carbocycles. The molecule has 0 bridgehead atoms. The summed E-state index contributed by atoms with van der Waals surface area (Å²) < 4.78 is 36.9. The number of anilines is 1. The second-order valence-electron chi connectivity index (χ2n) is 4.90. The smallest absolute Gasteiger partial charge is 0.324 e. The first-order valence-electron chi connectivity index (χ1n) is 7.01. The lowest BCUT2D eigenvalue weighted by Crippen LogP contribution is -2.35. The average Bonchev–Trinajstić information content (AvgIpc) is 2.59. The number of sulfonamides is 1. The molecular formula is C16H16ClNO6S. The van der Waals surface area contributed by atoms with E-state index in [1.54, 1.807) is 0 Å². The number of hydrogen-bond donors (Lipinski definition) is 1. The molecule has 0 amide bonds. The first-order valence-corrected chi connectivity index (χ1v) is 8.83. The normalized spacial score (nSPS) is 11.0. The zero-order valence-corrected chi connectivity index (χ0v) is 15.0. The van der Waals surface area contributed by atoms with Gasteiger partial charge in [-0.15, -0.1) is 0 Å². The van der Waals surface area contributed by atoms with E-state index in [0.29, 0.717) is 10.8 Å². The third kappa shape index (κ3) is 4.15. The number of benzene rings is 2. The van der Waals surface area contributed by atoms with Gasteiger partial charge in [-0.05, 0) is 36.4 Å². The summed E-state index contributed by atoms with van der Waals surface area (Å²) in [4.78, 5) is 11.1. The second kappa shape index (κ2) is 7.62. The zero-order chi connectivity index (χ0) is 18.6. The maximum Gasteiger partial charge on any atom is 0.324 e. The van der Waals surface area contributed by atoms with Crippen molar-refractivity contribution in [3.63, 3.8) is 0 Å². The molecular weight excluding hydrogens is 370 g/mol. The number of rotatable bonds is 7. The first kappa shape index (κ1) is 18.9. The van der Waals surface area contributed by atoms with Gasteiger partial charge in [0.25, 0.3) is 10.0 Å². The first-order chi connectivity index (χ1) is 11.8. The highest BCUT2D eigenvalue weighted by Gasteiger charge is 2.28. The van der Waals surface area contributed by atoms with Crippen molar-refractivity contribution >= 4 is 33.3 Å². The lowest BCUT2D eigenvalue weighted by Gasteiger charge is -2.23. The fourth-order valence-corrected chi connectivity index (χ4v) is 3.71. The molecule has 7 nitrogen and oxygen atoms in total. The number of carboxylic acid groups (broad SMARTS) is 1. The minimum Gasteiger partial charge on any atom is -0.493 e. The molecule has 9 heteroatoms. The SMILES string of the molecule is COc1ccc(S(=O)(=O)N(CC(=O)O)c2ccc(Cl)cc2)cc1OC. The molecule has 0 saturated heterocycles. The lowest BCUT2D eigenvalue weighted by molar-refractivity contribution is -0.135. The van der Waals surface area contributed by atoms with E-state index in [9.17, 15) is 13.2 Å². The van der Waals surface area contributed by atoms with E-state index < -0.39 is 22.5 Å². The lowest BCUT2D eigenvalue weighted by atomic mass is 10.3. The number of nitrogens with zero attached hydrogens (tertiary/aromatic N) is 1. The largest absolute Gasteiger partial charge is 0.493 e. The van der Waals surface area contributed by atoms with E-state index in [1.165, 1.54) is 56.7 Å². The van der Waals surface area contributed by atoms with Crippen LogP contribution < -0.4 is 13.8 Å². The Morgan fingerprint density at radius 3 is 2.20 bits per heavy atom. The van der Waals surface area contributed by atoms with Gasteiger partial charge in [0.05, 0.1) is 24.8 Å². The zero-order valence-electron chi connectivity index (χ0n) is 13.5. The fraction of sp³-hybridized carbons (Fsp3) is 0.188. The number of carbonyl (C=O) groups is 1. The van der Waals surface area contributed by atoms with E-state index in [-0.39, 0.29) is 16.3 Å². The van der Waals surface area contributed by atoms with Crippen molar-refractivity contribution in [3.8, 4) is 11.5 Å². The molecule has 0 radical (unpaired) electrons. The van der Waals surface area contributed by atoms with Gasteiger partial charge in [0.1, 0.15) is 6.54 Å². The maximum absolute atomic E-state index is 13.0. The Morgan fingerprint density at radius 1 is 1.08 bits per heavy atom. The van der Waals surface area contributed by atoms with Gasteiger partial charge >= 0.3 is 5.97 Å². The highest BCUT2D eigenvalue weighted by molar-refractivity contribution is 7.92. The maximum atomic E-state index is 13.0. The Balaban J connectivity index is 2.55. The summed E-state index contributed by atoms with van der Waals surface area (Å²) >= 11 is 5.81. The summed E-state index contributed by atoms with van der Waals surface area (Å²) in [6, 6.07) is 9.87. The Morgan fingerprint density at radius 2 is 1.68 bits per heavy atom. The summed E-state index contributed by atoms with van der Waals surface area (Å²) in [6.07, 6.45) is 0. The van der Waals surface area contributed by atoms with E-state index in [2.05, 4.69) is 0 Å². The van der Waals surface area contributed by atoms with Crippen LogP contribution in [0.1, 0.15) is 0 Å². The van der Waals surface area contributed by atoms with Gasteiger partial charge in [-0.3, -0.25) is 9.10 Å². The number of hydrogen-bond acceptors (Lipinski definition) is 5. The van der Waals surface area contributed by atoms with Crippen molar-refractivity contribution in [1.82, 2.24) is 0 Å². The Bertz CT molecular complexity index is 867. The second-order valence-corrected chi connectivity index (χ2v) is 7.20. The van der Waals surface area contributed by atoms with Crippen LogP contribution >= 0.6 is 11.6 Å². The van der Waals surface area contributed by atoms with Crippen molar-refractivity contribution in [2.75, 3.05) is 25.1 Å². The molecule has 0 fully saturated rings. The summed E-state index contributed by atoms with van der Waals surface area (Å²) in [5.41, 5.74) is 0.182. The molecule has 0 atom stereocenters. The Labute approximate surface area is 150 Å². The monoisotopic (exact) mass is 385 g/mol. The van der Waals surface area contributed by atoms with Gasteiger partial charge < -0.3 is 14.6 Å². The third-order valence-electron chi connectivity index (χ3n) is 3.34. The summed E-state index contributed by atoms with van der Waals surface area (Å²) in [6.45, 7) is -0.738. The standard InChI is InChI=1S/C16H16ClNO6S/c1-23-14-8-7-13(9-15(14)24-2)25(21,22)18(10-16(19)20)12-5-3-11(17)4-6-12/h3-9H,10H2,1-2H3,(H,19,20). The highest BCUT2D eigenvalue weighted by Crippen LogP contribution is 2.32. The number of halogens is 1. The van der Waals surface area contributed by atoms with Gasteiger partial charge in [0.2, 0.25) is 0 Å². The highest BCUT2D eigenvalue weighted by atomic mass is 35.5. The molecule has 0 unspecified atom stereocenters. The van der Waals surface area contributed by atoms with Crippen LogP contribution in [0.25, 0.3) is 0 Å². The predicted molar refractivity (Wildman–Crippen MR) is 93.2 cm³/mol. The van der Waals surface area contributed by atoms with Crippen LogP contribution in [0.15, 0.2) is 47.4 Å². The van der Waals surface area contributed by atoms with Crippen LogP contribution in [0.3, 0.4) is 0 Å². The minimum absolute atomic E-state index is 0.124. The average molecular weight is 386 g/mol. The van der Waals surface area contributed by atoms with Gasteiger partial charge in [-0.2, -0.15) is 0 Å². The number of methoxy groups -OCH3 is 2. The summed E-state index contributed by atoms with van der Waals surface area (Å²) in [5, 5.41) is 9.52. The molecule has 0 aliphatic heterocycles. The quantitative estimate of drug-likeness (QED) is 0.787. The Hall–Kier alpha value is -2.45. The predicted octanol–water partition coefficient (Wildman–Crippen LogP) is 2.64. The number of aliphatic carboxylic acids is 1. The van der Waals surface area contributed by atoms with Gasteiger partial charge in [-0.25, -0.2) is 8.42 Å². The minimum atomic E-state index is -4.15. The molecule has 25 heavy (non-hydrogen) atoms. The molecule has 1 N–H and O–H groups in total. The van der Waals surface area contributed by atoms with Crippen molar-refractivity contribution in [2.45, 2.75) is 4.90 Å². The van der Waals surface area contributed by atoms with Gasteiger partial charge in [0.15, 0.2) is 11.5 Å². The van der Waals surface area contributed by atoms with Crippen molar-refractivity contribution in [1.29, 1.82) is 0 Å². The van der Waals surface area contributed by atoms with Crippen LogP contribution in [0.4, 0.5) is 5.69 Å². The van der Waals surface area contributed by atoms with Gasteiger partial charge in [-0.1, -0.05) is 11.6 Å². The topological polar surface area (TPSA) is 93.1 Å². The number of carboxylic acids is 1. The molecule has 0 aromatic heterocycles. The van der Waals surface area contributed by atoms with E-state index in [1.807, 2.05) is 0 Å². The molecule has 2 rings (SSSR count). The van der Waals surface area contributed by atoms with Crippen molar-refractivity contribution in [2.24, 2.45) is 0 Å². The molecule has 0 spiro atoms. The molecule has 0 aliphatic carbocycles. The molecule has 0 heterocycles. The summed E-state index contributed by atoms with van der Waals surface area (Å²) in [5.74, 6) is -0.716. The molecule has 2 aromatic carbocycles. The molecule has 2 aromatic rings. The van der Waals surface area contributed by atoms with Crippen LogP contribution in [0.5, 0.6) is 11.5 Å². The van der Waals surface area contributed by atoms with Crippen molar-refractivity contribution in [3.05, 3.63) is 47.5 Å². The number of ether oxygens (including phenoxy) is 2. The third-order valence-corrected chi connectivity index (χ3v) is 5.36. The Kier molecular flexibility index (Phi) is 5.76. The molecule has 0 aliphatic rings. The molecule has 134 valence electrons. The van der Waals surface area contributed by atoms with Crippen LogP contribution in [0, 0.1) is 0 Å².